The molecule has 0 aliphatic rings. The van der Waals surface area contributed by atoms with Gasteiger partial charge in [-0.2, -0.15) is 0 Å². The van der Waals surface area contributed by atoms with E-state index in [2.05, 4.69) is 30.8 Å². The van der Waals surface area contributed by atoms with Gasteiger partial charge in [-0.15, -0.1) is 11.3 Å². The van der Waals surface area contributed by atoms with Crippen LogP contribution in [-0.4, -0.2) is 36.3 Å². The number of hydrogen-bond acceptors (Lipinski definition) is 7. The van der Waals surface area contributed by atoms with Crippen molar-refractivity contribution in [3.05, 3.63) is 59.4 Å². The third-order valence-corrected chi connectivity index (χ3v) is 4.32. The summed E-state index contributed by atoms with van der Waals surface area (Å²) in [5.74, 6) is -0.369. The first kappa shape index (κ1) is 16.8. The number of carbonyl (C=O) groups excluding carboxylic acids is 2. The number of carbonyl (C=O) groups is 2. The zero-order chi connectivity index (χ0) is 18.6. The van der Waals surface area contributed by atoms with Crippen molar-refractivity contribution in [1.29, 1.82) is 0 Å². The number of imidazole rings is 1. The molecule has 2 amide bonds. The maximum absolute atomic E-state index is 12.4. The van der Waals surface area contributed by atoms with Gasteiger partial charge in [0.05, 0.1) is 22.7 Å². The predicted octanol–water partition coefficient (Wildman–Crippen LogP) is 1.41. The van der Waals surface area contributed by atoms with Crippen LogP contribution in [0.15, 0.2) is 53.7 Å². The van der Waals surface area contributed by atoms with Crippen LogP contribution in [-0.2, 0) is 11.3 Å². The molecular weight excluding hydrogens is 366 g/mol. The molecule has 0 aliphatic carbocycles. The Bertz CT molecular complexity index is 1090. The maximum atomic E-state index is 12.4. The van der Waals surface area contributed by atoms with Gasteiger partial charge in [-0.3, -0.25) is 25.4 Å². The molecule has 2 N–H and O–H groups in total. The summed E-state index contributed by atoms with van der Waals surface area (Å²) in [5.41, 5.74) is 8.77. The van der Waals surface area contributed by atoms with Crippen molar-refractivity contribution >= 4 is 34.2 Å². The van der Waals surface area contributed by atoms with Gasteiger partial charge < -0.3 is 4.57 Å². The number of amides is 2. The number of nitrogens with one attached hydrogen (secondary N) is 2. The van der Waals surface area contributed by atoms with Crippen molar-refractivity contribution in [2.75, 3.05) is 0 Å². The minimum absolute atomic E-state index is 0.0336. The van der Waals surface area contributed by atoms with E-state index < -0.39 is 11.8 Å². The number of thiazole rings is 1. The molecule has 0 bridgehead atoms. The van der Waals surface area contributed by atoms with Crippen LogP contribution >= 0.6 is 11.3 Å². The highest BCUT2D eigenvalue weighted by Gasteiger charge is 2.17. The summed E-state index contributed by atoms with van der Waals surface area (Å²) in [4.78, 5) is 40.9. The molecule has 27 heavy (non-hydrogen) atoms. The van der Waals surface area contributed by atoms with Crippen LogP contribution in [0.4, 0.5) is 0 Å². The molecule has 0 spiro atoms. The van der Waals surface area contributed by atoms with E-state index in [0.717, 1.165) is 11.0 Å². The molecule has 0 aliphatic heterocycles. The van der Waals surface area contributed by atoms with E-state index in [1.54, 1.807) is 10.1 Å². The molecular formula is C17H13N7O2S. The Kier molecular flexibility index (Phi) is 4.54. The second-order valence-corrected chi connectivity index (χ2v) is 6.20. The minimum Gasteiger partial charge on any atom is -0.313 e. The summed E-state index contributed by atoms with van der Waals surface area (Å²) < 4.78 is 1.76. The Morgan fingerprint density at radius 3 is 2.78 bits per heavy atom. The molecule has 4 rings (SSSR count). The van der Waals surface area contributed by atoms with E-state index in [4.69, 9.17) is 0 Å². The molecule has 0 saturated heterocycles. The van der Waals surface area contributed by atoms with Crippen LogP contribution in [0.2, 0.25) is 0 Å². The quantitative estimate of drug-likeness (QED) is 0.518. The van der Waals surface area contributed by atoms with Crippen LogP contribution in [0.25, 0.3) is 22.6 Å². The van der Waals surface area contributed by atoms with Gasteiger partial charge >= 0.3 is 0 Å². The molecule has 10 heteroatoms. The highest BCUT2D eigenvalue weighted by Crippen LogP contribution is 2.24. The molecule has 4 aromatic rings. The molecule has 1 aromatic carbocycles. The minimum atomic E-state index is -0.549. The highest BCUT2D eigenvalue weighted by atomic mass is 32.1. The lowest BCUT2D eigenvalue weighted by Gasteiger charge is -2.10. The SMILES string of the molecule is O=C(Cn1c(-c2cscn2)nc2ccccc21)NNC(=O)c1cnccn1. The second-order valence-electron chi connectivity index (χ2n) is 5.48. The number of hydrazine groups is 1. The molecule has 3 aromatic heterocycles. The summed E-state index contributed by atoms with van der Waals surface area (Å²) in [6, 6.07) is 7.50. The van der Waals surface area contributed by atoms with E-state index >= 15 is 0 Å². The van der Waals surface area contributed by atoms with Crippen molar-refractivity contribution < 1.29 is 9.59 Å². The zero-order valence-electron chi connectivity index (χ0n) is 13.9. The van der Waals surface area contributed by atoms with Crippen LogP contribution in [0.1, 0.15) is 10.5 Å². The van der Waals surface area contributed by atoms with Crippen molar-refractivity contribution in [2.45, 2.75) is 6.54 Å². The topological polar surface area (TPSA) is 115 Å². The lowest BCUT2D eigenvalue weighted by Crippen LogP contribution is -2.43. The summed E-state index contributed by atoms with van der Waals surface area (Å²) in [6.45, 7) is -0.0336. The van der Waals surface area contributed by atoms with E-state index in [9.17, 15) is 9.59 Å². The Morgan fingerprint density at radius 2 is 2.00 bits per heavy atom. The van der Waals surface area contributed by atoms with Gasteiger partial charge in [0.1, 0.15) is 17.9 Å². The van der Waals surface area contributed by atoms with Crippen LogP contribution < -0.4 is 10.9 Å². The predicted molar refractivity (Wildman–Crippen MR) is 98.5 cm³/mol. The average molecular weight is 379 g/mol. The summed E-state index contributed by atoms with van der Waals surface area (Å²) in [5, 5.41) is 1.87. The van der Waals surface area contributed by atoms with Gasteiger partial charge in [0.2, 0.25) is 0 Å². The fraction of sp³-hybridized carbons (Fsp3) is 0.0588. The molecule has 0 unspecified atom stereocenters. The van der Waals surface area contributed by atoms with Gasteiger partial charge in [-0.05, 0) is 12.1 Å². The van der Waals surface area contributed by atoms with Crippen LogP contribution in [0.5, 0.6) is 0 Å². The van der Waals surface area contributed by atoms with Gasteiger partial charge in [0.25, 0.3) is 11.8 Å². The summed E-state index contributed by atoms with van der Waals surface area (Å²) in [6.07, 6.45) is 4.17. The molecule has 0 fully saturated rings. The first-order valence-corrected chi connectivity index (χ1v) is 8.85. The third-order valence-electron chi connectivity index (χ3n) is 3.73. The lowest BCUT2D eigenvalue weighted by atomic mass is 10.3. The number of nitrogens with zero attached hydrogens (tertiary/aromatic N) is 5. The van der Waals surface area contributed by atoms with E-state index in [1.807, 2.05) is 29.6 Å². The van der Waals surface area contributed by atoms with Gasteiger partial charge in [0.15, 0.2) is 5.82 Å². The Labute approximate surface area is 157 Å². The van der Waals surface area contributed by atoms with Crippen molar-refractivity contribution in [2.24, 2.45) is 0 Å². The Hall–Kier alpha value is -3.66. The molecule has 0 saturated carbocycles. The van der Waals surface area contributed by atoms with Crippen LogP contribution in [0.3, 0.4) is 0 Å². The fourth-order valence-electron chi connectivity index (χ4n) is 2.54. The molecule has 3 heterocycles. The van der Waals surface area contributed by atoms with E-state index in [0.29, 0.717) is 11.5 Å². The monoisotopic (exact) mass is 379 g/mol. The number of benzene rings is 1. The largest absolute Gasteiger partial charge is 0.313 e. The first-order chi connectivity index (χ1) is 13.2. The standard InChI is InChI=1S/C17H13N7O2S/c25-15(22-23-17(26)12-7-18-5-6-19-12)8-24-14-4-2-1-3-11(14)21-16(24)13-9-27-10-20-13/h1-7,9-10H,8H2,(H,22,25)(H,23,26). The second kappa shape index (κ2) is 7.30. The van der Waals surface area contributed by atoms with Gasteiger partial charge in [-0.25, -0.2) is 15.0 Å². The van der Waals surface area contributed by atoms with Gasteiger partial charge in [-0.1, -0.05) is 12.1 Å². The van der Waals surface area contributed by atoms with Crippen LogP contribution in [0, 0.1) is 0 Å². The number of para-hydroxylation sites is 2. The number of fused-ring (bicyclic) bond motifs is 1. The Balaban J connectivity index is 1.53. The fourth-order valence-corrected chi connectivity index (χ4v) is 3.07. The number of aromatic nitrogens is 5. The maximum Gasteiger partial charge on any atom is 0.289 e. The average Bonchev–Trinajstić information content (AvgIpc) is 3.35. The molecule has 134 valence electrons. The molecule has 0 atom stereocenters. The van der Waals surface area contributed by atoms with Gasteiger partial charge in [0, 0.05) is 17.8 Å². The molecule has 9 nitrogen and oxygen atoms in total. The number of hydrogen-bond donors (Lipinski definition) is 2. The van der Waals surface area contributed by atoms with Crippen molar-refractivity contribution in [1.82, 2.24) is 35.4 Å². The third kappa shape index (κ3) is 3.51. The summed E-state index contributed by atoms with van der Waals surface area (Å²) >= 11 is 1.45. The van der Waals surface area contributed by atoms with Crippen molar-refractivity contribution in [3.63, 3.8) is 0 Å². The Morgan fingerprint density at radius 1 is 1.11 bits per heavy atom. The zero-order valence-corrected chi connectivity index (χ0v) is 14.7. The van der Waals surface area contributed by atoms with Crippen molar-refractivity contribution in [3.8, 4) is 11.5 Å². The van der Waals surface area contributed by atoms with E-state index in [1.165, 1.54) is 29.9 Å². The normalized spacial score (nSPS) is 10.7. The lowest BCUT2D eigenvalue weighted by molar-refractivity contribution is -0.122. The first-order valence-electron chi connectivity index (χ1n) is 7.91. The molecule has 0 radical (unpaired) electrons. The van der Waals surface area contributed by atoms with E-state index in [-0.39, 0.29) is 12.2 Å². The number of rotatable bonds is 4. The smallest absolute Gasteiger partial charge is 0.289 e. The summed E-state index contributed by atoms with van der Waals surface area (Å²) in [7, 11) is 0. The highest BCUT2D eigenvalue weighted by molar-refractivity contribution is 7.07.